The molecule has 14 heavy (non-hydrogen) atoms. The molecule has 0 radical (unpaired) electrons. The molecule has 0 amide bonds. The van der Waals surface area contributed by atoms with Crippen LogP contribution in [0.2, 0.25) is 0 Å². The van der Waals surface area contributed by atoms with Crippen LogP contribution in [0, 0.1) is 5.92 Å². The molecule has 0 spiro atoms. The molecule has 0 aromatic carbocycles. The van der Waals surface area contributed by atoms with Gasteiger partial charge in [-0.1, -0.05) is 45.3 Å². The van der Waals surface area contributed by atoms with Crippen molar-refractivity contribution < 1.29 is 0 Å². The van der Waals surface area contributed by atoms with Crippen LogP contribution >= 0.6 is 0 Å². The highest BCUT2D eigenvalue weighted by molar-refractivity contribution is 4.96. The van der Waals surface area contributed by atoms with Crippen LogP contribution in [0.1, 0.15) is 52.4 Å². The lowest BCUT2D eigenvalue weighted by Crippen LogP contribution is -2.35. The molecule has 1 heteroatoms. The molecule has 1 rings (SSSR count). The Balaban J connectivity index is 2.20. The monoisotopic (exact) mass is 195 g/mol. The van der Waals surface area contributed by atoms with Crippen LogP contribution in [-0.4, -0.2) is 12.6 Å². The smallest absolute Gasteiger partial charge is 0.0164 e. The summed E-state index contributed by atoms with van der Waals surface area (Å²) in [5.41, 5.74) is 1.34. The fraction of sp³-hybridized carbons (Fsp3) is 0.846. The maximum atomic E-state index is 4.03. The molecule has 1 N–H and O–H groups in total. The van der Waals surface area contributed by atoms with Gasteiger partial charge in [-0.25, -0.2) is 0 Å². The van der Waals surface area contributed by atoms with Gasteiger partial charge in [0.1, 0.15) is 0 Å². The minimum absolute atomic E-state index is 0.761. The Labute approximate surface area is 89.0 Å². The standard InChI is InChI=1S/C13H25N/c1-4-11(3)10-14-13-8-6-7-12(5-2)9-13/h12-14H,3-10H2,1-2H3. The highest BCUT2D eigenvalue weighted by Gasteiger charge is 2.19. The van der Waals surface area contributed by atoms with E-state index < -0.39 is 0 Å². The van der Waals surface area contributed by atoms with E-state index in [1.807, 2.05) is 0 Å². The summed E-state index contributed by atoms with van der Waals surface area (Å²) in [6.07, 6.45) is 8.07. The third kappa shape index (κ3) is 3.83. The normalized spacial score (nSPS) is 27.6. The molecule has 82 valence electrons. The van der Waals surface area contributed by atoms with Crippen molar-refractivity contribution in [2.75, 3.05) is 6.54 Å². The van der Waals surface area contributed by atoms with E-state index in [1.54, 1.807) is 0 Å². The predicted molar refractivity (Wildman–Crippen MR) is 63.5 cm³/mol. The Kier molecular flexibility index (Phi) is 5.24. The summed E-state index contributed by atoms with van der Waals surface area (Å²) in [5.74, 6) is 0.969. The highest BCUT2D eigenvalue weighted by Crippen LogP contribution is 2.26. The molecule has 2 atom stereocenters. The van der Waals surface area contributed by atoms with Gasteiger partial charge < -0.3 is 5.32 Å². The molecule has 1 aliphatic rings. The van der Waals surface area contributed by atoms with Crippen molar-refractivity contribution in [1.82, 2.24) is 5.32 Å². The van der Waals surface area contributed by atoms with E-state index in [0.717, 1.165) is 24.9 Å². The van der Waals surface area contributed by atoms with Gasteiger partial charge in [0.25, 0.3) is 0 Å². The lowest BCUT2D eigenvalue weighted by atomic mass is 9.84. The topological polar surface area (TPSA) is 12.0 Å². The average molecular weight is 195 g/mol. The number of hydrogen-bond donors (Lipinski definition) is 1. The van der Waals surface area contributed by atoms with Crippen LogP contribution in [0.3, 0.4) is 0 Å². The summed E-state index contributed by atoms with van der Waals surface area (Å²) in [5, 5.41) is 3.64. The fourth-order valence-corrected chi connectivity index (χ4v) is 2.26. The zero-order chi connectivity index (χ0) is 10.4. The van der Waals surface area contributed by atoms with Crippen LogP contribution in [0.4, 0.5) is 0 Å². The summed E-state index contributed by atoms with van der Waals surface area (Å²) >= 11 is 0. The van der Waals surface area contributed by atoms with Gasteiger partial charge in [-0.05, 0) is 25.2 Å². The van der Waals surface area contributed by atoms with Crippen LogP contribution in [0.5, 0.6) is 0 Å². The second-order valence-corrected chi connectivity index (χ2v) is 4.62. The summed E-state index contributed by atoms with van der Waals surface area (Å²) in [6, 6.07) is 0.761. The molecule has 0 aromatic rings. The van der Waals surface area contributed by atoms with Gasteiger partial charge in [-0.15, -0.1) is 0 Å². The molecule has 2 unspecified atom stereocenters. The summed E-state index contributed by atoms with van der Waals surface area (Å²) in [4.78, 5) is 0. The minimum Gasteiger partial charge on any atom is -0.310 e. The largest absolute Gasteiger partial charge is 0.310 e. The summed E-state index contributed by atoms with van der Waals surface area (Å²) in [7, 11) is 0. The molecule has 0 aromatic heterocycles. The van der Waals surface area contributed by atoms with Gasteiger partial charge >= 0.3 is 0 Å². The fourth-order valence-electron chi connectivity index (χ4n) is 2.26. The second kappa shape index (κ2) is 6.23. The first-order chi connectivity index (χ1) is 6.76. The van der Waals surface area contributed by atoms with E-state index in [1.165, 1.54) is 37.7 Å². The number of nitrogens with one attached hydrogen (secondary N) is 1. The Hall–Kier alpha value is -0.300. The van der Waals surface area contributed by atoms with Crippen LogP contribution in [0.15, 0.2) is 12.2 Å². The molecular formula is C13H25N. The Bertz CT molecular complexity index is 174. The lowest BCUT2D eigenvalue weighted by molar-refractivity contribution is 0.283. The third-order valence-corrected chi connectivity index (χ3v) is 3.50. The maximum Gasteiger partial charge on any atom is 0.0164 e. The zero-order valence-electron chi connectivity index (χ0n) is 9.81. The average Bonchev–Trinajstić information content (AvgIpc) is 2.26. The minimum atomic E-state index is 0.761. The van der Waals surface area contributed by atoms with Crippen molar-refractivity contribution in [1.29, 1.82) is 0 Å². The first-order valence-electron chi connectivity index (χ1n) is 6.16. The van der Waals surface area contributed by atoms with Crippen LogP contribution < -0.4 is 5.32 Å². The van der Waals surface area contributed by atoms with E-state index in [9.17, 15) is 0 Å². The van der Waals surface area contributed by atoms with Crippen LogP contribution in [-0.2, 0) is 0 Å². The third-order valence-electron chi connectivity index (χ3n) is 3.50. The van der Waals surface area contributed by atoms with E-state index in [2.05, 4.69) is 25.7 Å². The quantitative estimate of drug-likeness (QED) is 0.662. The first-order valence-corrected chi connectivity index (χ1v) is 6.16. The van der Waals surface area contributed by atoms with E-state index in [-0.39, 0.29) is 0 Å². The first kappa shape index (κ1) is 11.8. The molecule has 0 bridgehead atoms. The van der Waals surface area contributed by atoms with Gasteiger partial charge in [0.05, 0.1) is 0 Å². The Morgan fingerprint density at radius 1 is 1.36 bits per heavy atom. The number of rotatable bonds is 5. The van der Waals surface area contributed by atoms with Crippen molar-refractivity contribution >= 4 is 0 Å². The second-order valence-electron chi connectivity index (χ2n) is 4.62. The summed E-state index contributed by atoms with van der Waals surface area (Å²) in [6.45, 7) is 9.56. The van der Waals surface area contributed by atoms with Gasteiger partial charge in [0.15, 0.2) is 0 Å². The summed E-state index contributed by atoms with van der Waals surface area (Å²) < 4.78 is 0. The van der Waals surface area contributed by atoms with E-state index >= 15 is 0 Å². The zero-order valence-corrected chi connectivity index (χ0v) is 9.81. The SMILES string of the molecule is C=C(CC)CNC1CCCC(CC)C1. The lowest BCUT2D eigenvalue weighted by Gasteiger charge is -2.29. The van der Waals surface area contributed by atoms with Gasteiger partial charge in [-0.3, -0.25) is 0 Å². The Morgan fingerprint density at radius 3 is 2.79 bits per heavy atom. The molecule has 1 aliphatic carbocycles. The molecule has 1 fully saturated rings. The van der Waals surface area contributed by atoms with Gasteiger partial charge in [0, 0.05) is 12.6 Å². The van der Waals surface area contributed by atoms with E-state index in [0.29, 0.717) is 0 Å². The maximum absolute atomic E-state index is 4.03. The van der Waals surface area contributed by atoms with Crippen LogP contribution in [0.25, 0.3) is 0 Å². The Morgan fingerprint density at radius 2 is 2.14 bits per heavy atom. The van der Waals surface area contributed by atoms with Crippen molar-refractivity contribution in [3.05, 3.63) is 12.2 Å². The molecule has 0 heterocycles. The molecule has 1 saturated carbocycles. The molecule has 0 aliphatic heterocycles. The van der Waals surface area contributed by atoms with Crippen molar-refractivity contribution in [3.8, 4) is 0 Å². The van der Waals surface area contributed by atoms with Gasteiger partial charge in [-0.2, -0.15) is 0 Å². The molecular weight excluding hydrogens is 170 g/mol. The number of hydrogen-bond acceptors (Lipinski definition) is 1. The highest BCUT2D eigenvalue weighted by atomic mass is 14.9. The van der Waals surface area contributed by atoms with E-state index in [4.69, 9.17) is 0 Å². The predicted octanol–water partition coefficient (Wildman–Crippen LogP) is 3.51. The van der Waals surface area contributed by atoms with Crippen molar-refractivity contribution in [2.24, 2.45) is 5.92 Å². The molecule has 1 nitrogen and oxygen atoms in total. The van der Waals surface area contributed by atoms with Crippen molar-refractivity contribution in [2.45, 2.75) is 58.4 Å². The van der Waals surface area contributed by atoms with Gasteiger partial charge in [0.2, 0.25) is 0 Å². The molecule has 0 saturated heterocycles. The van der Waals surface area contributed by atoms with Crippen molar-refractivity contribution in [3.63, 3.8) is 0 Å².